The minimum Gasteiger partial charge on any atom is -0.508 e. The van der Waals surface area contributed by atoms with Crippen LogP contribution in [0.4, 0.5) is 0 Å². The Hall–Kier alpha value is -3.11. The third-order valence-corrected chi connectivity index (χ3v) is 5.92. The third-order valence-electron chi connectivity index (χ3n) is 5.21. The number of primary sulfonamides is 1. The lowest BCUT2D eigenvalue weighted by Gasteiger charge is -2.14. The van der Waals surface area contributed by atoms with Crippen LogP contribution in [0.1, 0.15) is 17.2 Å². The first-order chi connectivity index (χ1) is 15.3. The molecular weight excluding hydrogens is 430 g/mol. The highest BCUT2D eigenvalue weighted by atomic mass is 32.2. The molecule has 0 saturated heterocycles. The minimum atomic E-state index is -3.79. The molecule has 0 fully saturated rings. The fourth-order valence-corrected chi connectivity index (χ4v) is 4.33. The normalized spacial score (nSPS) is 12.9. The molecule has 3 aromatic carbocycles. The Morgan fingerprint density at radius 2 is 1.81 bits per heavy atom. The minimum absolute atomic E-state index is 0.153. The van der Waals surface area contributed by atoms with E-state index in [2.05, 4.69) is 16.4 Å². The topological polar surface area (TPSA) is 138 Å². The molecule has 0 aliphatic heterocycles. The predicted octanol–water partition coefficient (Wildman–Crippen LogP) is 2.52. The highest BCUT2D eigenvalue weighted by molar-refractivity contribution is 7.88. The molecule has 4 aromatic rings. The van der Waals surface area contributed by atoms with E-state index in [1.807, 2.05) is 36.4 Å². The number of aliphatic hydroxyl groups excluding tert-OH is 1. The van der Waals surface area contributed by atoms with E-state index in [0.717, 1.165) is 22.2 Å². The Morgan fingerprint density at radius 1 is 1.03 bits per heavy atom. The molecule has 168 valence electrons. The van der Waals surface area contributed by atoms with Gasteiger partial charge in [0.25, 0.3) is 0 Å². The Balaban J connectivity index is 1.29. The van der Waals surface area contributed by atoms with Gasteiger partial charge in [0.2, 0.25) is 10.0 Å². The zero-order valence-corrected chi connectivity index (χ0v) is 18.1. The van der Waals surface area contributed by atoms with Crippen LogP contribution in [0.5, 0.6) is 11.5 Å². The number of aliphatic hydroxyl groups is 1. The number of benzene rings is 3. The summed E-state index contributed by atoms with van der Waals surface area (Å²) in [6.45, 7) is 1.15. The van der Waals surface area contributed by atoms with Gasteiger partial charge in [0.05, 0.1) is 17.4 Å². The average Bonchev–Trinajstić information content (AvgIpc) is 3.11. The van der Waals surface area contributed by atoms with Crippen molar-refractivity contribution >= 4 is 31.8 Å². The summed E-state index contributed by atoms with van der Waals surface area (Å²) in [4.78, 5) is 3.38. The van der Waals surface area contributed by atoms with Crippen LogP contribution in [-0.2, 0) is 15.8 Å². The quantitative estimate of drug-likeness (QED) is 0.246. The van der Waals surface area contributed by atoms with Crippen molar-refractivity contribution in [2.45, 2.75) is 11.9 Å². The molecule has 4 rings (SSSR count). The standard InChI is InChI=1S/C23H25N3O5S/c24-32(29,30)14-16-11-15(5-8-22(16)27)23(28)13-25-9-10-31-17-6-7-19-18-3-1-2-4-20(18)26-21(19)12-17/h1-8,11-12,23,25-28H,9-10,13-14H2,(H2,24,29,30). The first-order valence-corrected chi connectivity index (χ1v) is 11.9. The molecule has 6 N–H and O–H groups in total. The molecule has 1 unspecified atom stereocenters. The number of nitrogens with two attached hydrogens (primary N) is 1. The molecule has 1 heterocycles. The van der Waals surface area contributed by atoms with Crippen molar-refractivity contribution in [3.63, 3.8) is 0 Å². The summed E-state index contributed by atoms with van der Waals surface area (Å²) in [6.07, 6.45) is -0.877. The van der Waals surface area contributed by atoms with Gasteiger partial charge in [0.15, 0.2) is 0 Å². The lowest BCUT2D eigenvalue weighted by molar-refractivity contribution is 0.172. The van der Waals surface area contributed by atoms with Crippen molar-refractivity contribution in [1.29, 1.82) is 0 Å². The van der Waals surface area contributed by atoms with E-state index >= 15 is 0 Å². The van der Waals surface area contributed by atoms with Crippen molar-refractivity contribution in [3.8, 4) is 11.5 Å². The summed E-state index contributed by atoms with van der Waals surface area (Å²) in [6, 6.07) is 18.4. The Morgan fingerprint density at radius 3 is 2.62 bits per heavy atom. The molecular formula is C23H25N3O5S. The number of hydrogen-bond acceptors (Lipinski definition) is 6. The zero-order valence-electron chi connectivity index (χ0n) is 17.3. The molecule has 1 atom stereocenters. The van der Waals surface area contributed by atoms with Gasteiger partial charge in [-0.3, -0.25) is 0 Å². The van der Waals surface area contributed by atoms with E-state index in [4.69, 9.17) is 9.88 Å². The molecule has 0 bridgehead atoms. The summed E-state index contributed by atoms with van der Waals surface area (Å²) < 4.78 is 28.4. The molecule has 1 aromatic heterocycles. The van der Waals surface area contributed by atoms with Crippen LogP contribution >= 0.6 is 0 Å². The van der Waals surface area contributed by atoms with Crippen molar-refractivity contribution in [3.05, 3.63) is 71.8 Å². The molecule has 0 aliphatic carbocycles. The second-order valence-electron chi connectivity index (χ2n) is 7.64. The molecule has 0 amide bonds. The smallest absolute Gasteiger partial charge is 0.213 e. The predicted molar refractivity (Wildman–Crippen MR) is 124 cm³/mol. The number of phenols is 1. The summed E-state index contributed by atoms with van der Waals surface area (Å²) in [5, 5.41) is 30.6. The van der Waals surface area contributed by atoms with Gasteiger partial charge in [-0.15, -0.1) is 0 Å². The van der Waals surface area contributed by atoms with Gasteiger partial charge in [-0.2, -0.15) is 0 Å². The Kier molecular flexibility index (Phi) is 6.33. The molecule has 0 spiro atoms. The molecule has 32 heavy (non-hydrogen) atoms. The number of nitrogens with one attached hydrogen (secondary N) is 2. The van der Waals surface area contributed by atoms with Gasteiger partial charge < -0.3 is 25.3 Å². The first-order valence-electron chi connectivity index (χ1n) is 10.1. The highest BCUT2D eigenvalue weighted by Gasteiger charge is 2.14. The van der Waals surface area contributed by atoms with Crippen LogP contribution in [0.15, 0.2) is 60.7 Å². The number of phenolic OH excluding ortho intramolecular Hbond substituents is 1. The highest BCUT2D eigenvalue weighted by Crippen LogP contribution is 2.28. The number of H-pyrrole nitrogens is 1. The number of para-hydroxylation sites is 1. The molecule has 9 heteroatoms. The maximum Gasteiger partial charge on any atom is 0.213 e. The van der Waals surface area contributed by atoms with Gasteiger partial charge in [-0.25, -0.2) is 13.6 Å². The SMILES string of the molecule is NS(=O)(=O)Cc1cc(C(O)CNCCOc2ccc3c(c2)[nH]c2ccccc23)ccc1O. The number of rotatable bonds is 9. The summed E-state index contributed by atoms with van der Waals surface area (Å²) >= 11 is 0. The van der Waals surface area contributed by atoms with Gasteiger partial charge >= 0.3 is 0 Å². The van der Waals surface area contributed by atoms with E-state index in [1.165, 1.54) is 17.5 Å². The van der Waals surface area contributed by atoms with Gasteiger partial charge in [0, 0.05) is 41.0 Å². The molecule has 0 saturated carbocycles. The second kappa shape index (κ2) is 9.17. The largest absolute Gasteiger partial charge is 0.508 e. The number of aromatic amines is 1. The molecule has 0 radical (unpaired) electrons. The van der Waals surface area contributed by atoms with E-state index in [0.29, 0.717) is 18.7 Å². The number of aromatic hydroxyl groups is 1. The Labute approximate surface area is 185 Å². The van der Waals surface area contributed by atoms with E-state index in [9.17, 15) is 18.6 Å². The number of fused-ring (bicyclic) bond motifs is 3. The van der Waals surface area contributed by atoms with Crippen LogP contribution in [-0.4, -0.2) is 43.3 Å². The third kappa shape index (κ3) is 5.20. The first kappa shape index (κ1) is 22.1. The van der Waals surface area contributed by atoms with Crippen molar-refractivity contribution < 1.29 is 23.4 Å². The lowest BCUT2D eigenvalue weighted by Crippen LogP contribution is -2.26. The van der Waals surface area contributed by atoms with Crippen molar-refractivity contribution in [2.24, 2.45) is 5.14 Å². The monoisotopic (exact) mass is 455 g/mol. The summed E-state index contributed by atoms with van der Waals surface area (Å²) in [5.41, 5.74) is 2.73. The zero-order chi connectivity index (χ0) is 22.7. The van der Waals surface area contributed by atoms with Crippen LogP contribution < -0.4 is 15.2 Å². The van der Waals surface area contributed by atoms with Crippen molar-refractivity contribution in [2.75, 3.05) is 19.7 Å². The number of aromatic nitrogens is 1. The number of sulfonamides is 1. The van der Waals surface area contributed by atoms with Crippen LogP contribution in [0.2, 0.25) is 0 Å². The van der Waals surface area contributed by atoms with Gasteiger partial charge in [-0.1, -0.05) is 24.3 Å². The maximum atomic E-state index is 11.3. The van der Waals surface area contributed by atoms with Crippen LogP contribution in [0.25, 0.3) is 21.8 Å². The fraction of sp³-hybridized carbons (Fsp3) is 0.217. The lowest BCUT2D eigenvalue weighted by atomic mass is 10.1. The summed E-state index contributed by atoms with van der Waals surface area (Å²) in [5.74, 6) is 0.0716. The van der Waals surface area contributed by atoms with Gasteiger partial charge in [0.1, 0.15) is 18.1 Å². The van der Waals surface area contributed by atoms with Crippen LogP contribution in [0.3, 0.4) is 0 Å². The van der Waals surface area contributed by atoms with E-state index in [-0.39, 0.29) is 17.9 Å². The van der Waals surface area contributed by atoms with Gasteiger partial charge in [-0.05, 0) is 35.9 Å². The van der Waals surface area contributed by atoms with E-state index in [1.54, 1.807) is 6.07 Å². The maximum absolute atomic E-state index is 11.3. The average molecular weight is 456 g/mol. The van der Waals surface area contributed by atoms with Crippen molar-refractivity contribution in [1.82, 2.24) is 10.3 Å². The number of ether oxygens (including phenoxy) is 1. The summed E-state index contributed by atoms with van der Waals surface area (Å²) in [7, 11) is -3.79. The van der Waals surface area contributed by atoms with E-state index < -0.39 is 21.9 Å². The second-order valence-corrected chi connectivity index (χ2v) is 9.26. The number of hydrogen-bond donors (Lipinski definition) is 5. The molecule has 0 aliphatic rings. The fourth-order valence-electron chi connectivity index (χ4n) is 3.67. The van der Waals surface area contributed by atoms with Crippen LogP contribution in [0, 0.1) is 0 Å². The molecule has 8 nitrogen and oxygen atoms in total. The Bertz CT molecular complexity index is 1350.